The van der Waals surface area contributed by atoms with Crippen molar-refractivity contribution in [2.45, 2.75) is 6.54 Å². The monoisotopic (exact) mass is 467 g/mol. The van der Waals surface area contributed by atoms with Crippen molar-refractivity contribution < 1.29 is 18.3 Å². The Balaban J connectivity index is 1.82. The molecule has 0 radical (unpaired) electrons. The lowest BCUT2D eigenvalue weighted by Crippen LogP contribution is -2.36. The molecule has 1 unspecified atom stereocenters. The van der Waals surface area contributed by atoms with Gasteiger partial charge >= 0.3 is 6.03 Å². The number of nitrogens with zero attached hydrogens (tertiary/aromatic N) is 1. The largest absolute Gasteiger partial charge is 0.384 e. The first-order valence-corrected chi connectivity index (χ1v) is 11.0. The molecular formula is C23H25N5O4S. The minimum Gasteiger partial charge on any atom is -0.384 e. The molecule has 0 aliphatic heterocycles. The third-order valence-electron chi connectivity index (χ3n) is 4.74. The summed E-state index contributed by atoms with van der Waals surface area (Å²) in [6, 6.07) is 21.1. The van der Waals surface area contributed by atoms with E-state index in [2.05, 4.69) is 10.0 Å². The highest BCUT2D eigenvalue weighted by atomic mass is 32.2. The molecule has 10 heteroatoms. The van der Waals surface area contributed by atoms with Crippen molar-refractivity contribution in [3.05, 3.63) is 83.9 Å². The number of benzene rings is 3. The van der Waals surface area contributed by atoms with Crippen LogP contribution in [0.2, 0.25) is 0 Å². The number of amidine groups is 1. The van der Waals surface area contributed by atoms with Crippen LogP contribution in [-0.4, -0.2) is 39.4 Å². The number of rotatable bonds is 9. The summed E-state index contributed by atoms with van der Waals surface area (Å²) in [5.74, 6) is -0.0561. The van der Waals surface area contributed by atoms with Crippen molar-refractivity contribution >= 4 is 34.5 Å². The van der Waals surface area contributed by atoms with Gasteiger partial charge in [0.2, 0.25) is 0 Å². The molecule has 172 valence electrons. The normalized spacial score (nSPS) is 11.5. The maximum atomic E-state index is 13.0. The molecule has 9 nitrogen and oxygen atoms in total. The smallest absolute Gasteiger partial charge is 0.323 e. The third-order valence-corrected chi connectivity index (χ3v) is 5.13. The molecule has 0 aliphatic rings. The molecule has 3 aromatic rings. The fourth-order valence-corrected chi connectivity index (χ4v) is 3.62. The van der Waals surface area contributed by atoms with E-state index in [1.165, 1.54) is 12.0 Å². The van der Waals surface area contributed by atoms with Crippen LogP contribution in [0.1, 0.15) is 11.1 Å². The average molecular weight is 468 g/mol. The van der Waals surface area contributed by atoms with E-state index in [0.29, 0.717) is 22.5 Å². The number of nitrogens with two attached hydrogens (primary N) is 1. The molecule has 0 aromatic heterocycles. The SMILES string of the molecule is COCN(Cc1cccc(C(=N)N)c1)C(=O)Nc1ccc(-c2ccccc2)c(NS(=O)O)c1. The fourth-order valence-electron chi connectivity index (χ4n) is 3.26. The van der Waals surface area contributed by atoms with Crippen molar-refractivity contribution in [2.24, 2.45) is 5.73 Å². The number of nitrogen functional groups attached to an aromatic ring is 1. The minimum absolute atomic E-state index is 0.0317. The number of anilines is 2. The average Bonchev–Trinajstić information content (AvgIpc) is 2.79. The maximum absolute atomic E-state index is 13.0. The maximum Gasteiger partial charge on any atom is 0.323 e. The molecule has 0 saturated carbocycles. The van der Waals surface area contributed by atoms with E-state index in [0.717, 1.165) is 11.1 Å². The van der Waals surface area contributed by atoms with Gasteiger partial charge in [-0.1, -0.05) is 54.6 Å². The van der Waals surface area contributed by atoms with Gasteiger partial charge < -0.3 is 15.8 Å². The van der Waals surface area contributed by atoms with Crippen molar-refractivity contribution in [2.75, 3.05) is 23.9 Å². The first-order chi connectivity index (χ1) is 15.9. The van der Waals surface area contributed by atoms with Crippen LogP contribution in [0.3, 0.4) is 0 Å². The second-order valence-corrected chi connectivity index (χ2v) is 7.84. The van der Waals surface area contributed by atoms with E-state index < -0.39 is 17.3 Å². The summed E-state index contributed by atoms with van der Waals surface area (Å²) in [5.41, 5.74) is 9.31. The lowest BCUT2D eigenvalue weighted by molar-refractivity contribution is 0.0839. The van der Waals surface area contributed by atoms with E-state index in [-0.39, 0.29) is 19.1 Å². The fraction of sp³-hybridized carbons (Fsp3) is 0.130. The Labute approximate surface area is 194 Å². The molecule has 0 bridgehead atoms. The lowest BCUT2D eigenvalue weighted by atomic mass is 10.0. The van der Waals surface area contributed by atoms with Crippen molar-refractivity contribution in [1.29, 1.82) is 5.41 Å². The van der Waals surface area contributed by atoms with Gasteiger partial charge in [0.15, 0.2) is 0 Å². The van der Waals surface area contributed by atoms with Crippen LogP contribution < -0.4 is 15.8 Å². The van der Waals surface area contributed by atoms with E-state index in [1.807, 2.05) is 36.4 Å². The standard InChI is InChI=1S/C23H25N5O4S/c1-32-15-28(14-16-6-5-9-18(12-16)22(24)25)23(29)26-19-10-11-20(17-7-3-2-4-8-17)21(13-19)27-33(30)31/h2-13,27H,14-15H2,1H3,(H3,24,25)(H,26,29)(H,30,31). The van der Waals surface area contributed by atoms with Crippen LogP contribution in [0, 0.1) is 5.41 Å². The number of carbonyl (C=O) groups excluding carboxylic acids is 1. The van der Waals surface area contributed by atoms with Crippen LogP contribution in [0.5, 0.6) is 0 Å². The number of carbonyl (C=O) groups is 1. The first-order valence-electron chi connectivity index (χ1n) is 9.92. The zero-order valence-corrected chi connectivity index (χ0v) is 18.8. The summed E-state index contributed by atoms with van der Waals surface area (Å²) < 4.78 is 28.5. The predicted octanol–water partition coefficient (Wildman–Crippen LogP) is 3.82. The van der Waals surface area contributed by atoms with Gasteiger partial charge in [0.1, 0.15) is 12.6 Å². The summed E-state index contributed by atoms with van der Waals surface area (Å²) in [6.45, 7) is 0.263. The second-order valence-electron chi connectivity index (χ2n) is 7.14. The van der Waals surface area contributed by atoms with E-state index in [1.54, 1.807) is 36.4 Å². The molecule has 0 fully saturated rings. The highest BCUT2D eigenvalue weighted by Gasteiger charge is 2.16. The van der Waals surface area contributed by atoms with Crippen molar-refractivity contribution in [3.8, 4) is 11.1 Å². The van der Waals surface area contributed by atoms with Gasteiger partial charge in [0.25, 0.3) is 11.3 Å². The van der Waals surface area contributed by atoms with Gasteiger partial charge in [-0.25, -0.2) is 9.00 Å². The molecule has 2 amide bonds. The number of methoxy groups -OCH3 is 1. The summed E-state index contributed by atoms with van der Waals surface area (Å²) in [6.07, 6.45) is 0. The van der Waals surface area contributed by atoms with E-state index in [9.17, 15) is 13.6 Å². The molecule has 1 atom stereocenters. The molecule has 33 heavy (non-hydrogen) atoms. The molecule has 0 spiro atoms. The second kappa shape index (κ2) is 11.2. The number of ether oxygens (including phenoxy) is 1. The topological polar surface area (TPSA) is 141 Å². The highest BCUT2D eigenvalue weighted by Crippen LogP contribution is 2.31. The Morgan fingerprint density at radius 3 is 2.55 bits per heavy atom. The quantitative estimate of drug-likeness (QED) is 0.141. The molecule has 0 heterocycles. The van der Waals surface area contributed by atoms with Crippen LogP contribution in [0.4, 0.5) is 16.2 Å². The van der Waals surface area contributed by atoms with Crippen LogP contribution in [0.15, 0.2) is 72.8 Å². The molecule has 6 N–H and O–H groups in total. The number of amides is 2. The number of urea groups is 1. The highest BCUT2D eigenvalue weighted by molar-refractivity contribution is 7.80. The van der Waals surface area contributed by atoms with E-state index in [4.69, 9.17) is 15.9 Å². The summed E-state index contributed by atoms with van der Waals surface area (Å²) in [5, 5.41) is 10.4. The summed E-state index contributed by atoms with van der Waals surface area (Å²) >= 11 is -2.29. The molecule has 0 saturated heterocycles. The lowest BCUT2D eigenvalue weighted by Gasteiger charge is -2.23. The van der Waals surface area contributed by atoms with Crippen LogP contribution >= 0.6 is 0 Å². The van der Waals surface area contributed by atoms with Gasteiger partial charge in [-0.15, -0.1) is 0 Å². The Morgan fingerprint density at radius 2 is 1.88 bits per heavy atom. The number of hydrogen-bond acceptors (Lipinski definition) is 4. The van der Waals surface area contributed by atoms with Crippen molar-refractivity contribution in [3.63, 3.8) is 0 Å². The molecular weight excluding hydrogens is 442 g/mol. The Morgan fingerprint density at radius 1 is 1.12 bits per heavy atom. The predicted molar refractivity (Wildman–Crippen MR) is 130 cm³/mol. The van der Waals surface area contributed by atoms with E-state index >= 15 is 0 Å². The molecule has 0 aliphatic carbocycles. The van der Waals surface area contributed by atoms with Gasteiger partial charge in [-0.05, 0) is 29.3 Å². The van der Waals surface area contributed by atoms with Gasteiger partial charge in [-0.2, -0.15) is 0 Å². The number of nitrogens with one attached hydrogen (secondary N) is 3. The first kappa shape index (κ1) is 23.9. The Bertz CT molecular complexity index is 1160. The summed E-state index contributed by atoms with van der Waals surface area (Å²) in [4.78, 5) is 14.4. The summed E-state index contributed by atoms with van der Waals surface area (Å²) in [7, 11) is 1.49. The van der Waals surface area contributed by atoms with Crippen molar-refractivity contribution in [1.82, 2.24) is 4.90 Å². The van der Waals surface area contributed by atoms with Gasteiger partial charge in [0.05, 0.1) is 5.69 Å². The number of hydrogen-bond donors (Lipinski definition) is 5. The molecule has 3 aromatic carbocycles. The van der Waals surface area contributed by atoms with Crippen LogP contribution in [0.25, 0.3) is 11.1 Å². The van der Waals surface area contributed by atoms with Crippen LogP contribution in [-0.2, 0) is 22.5 Å². The van der Waals surface area contributed by atoms with Gasteiger partial charge in [0, 0.05) is 30.5 Å². The zero-order valence-electron chi connectivity index (χ0n) is 17.9. The third kappa shape index (κ3) is 6.62. The molecule has 3 rings (SSSR count). The zero-order chi connectivity index (χ0) is 23.8. The van der Waals surface area contributed by atoms with Gasteiger partial charge in [-0.3, -0.25) is 19.6 Å². The Kier molecular flexibility index (Phi) is 8.14. The minimum atomic E-state index is -2.29. The Hall–Kier alpha value is -3.73.